The second kappa shape index (κ2) is 7.86. The van der Waals surface area contributed by atoms with Gasteiger partial charge in [0.25, 0.3) is 5.91 Å². The molecular weight excluding hydrogens is 364 g/mol. The van der Waals surface area contributed by atoms with Crippen LogP contribution in [0.3, 0.4) is 0 Å². The molecule has 0 atom stereocenters. The Hall–Kier alpha value is -3.76. The second-order valence-corrected chi connectivity index (χ2v) is 6.26. The van der Waals surface area contributed by atoms with Crippen molar-refractivity contribution in [3.63, 3.8) is 0 Å². The second-order valence-electron chi connectivity index (χ2n) is 6.26. The van der Waals surface area contributed by atoms with Crippen molar-refractivity contribution in [2.75, 3.05) is 5.73 Å². The van der Waals surface area contributed by atoms with E-state index < -0.39 is 5.91 Å². The van der Waals surface area contributed by atoms with Crippen LogP contribution in [-0.2, 0) is 0 Å². The van der Waals surface area contributed by atoms with Crippen LogP contribution in [0, 0.1) is 0 Å². The molecule has 0 unspecified atom stereocenters. The lowest BCUT2D eigenvalue weighted by Gasteiger charge is -2.09. The quantitative estimate of drug-likeness (QED) is 0.427. The van der Waals surface area contributed by atoms with E-state index in [-0.39, 0.29) is 29.0 Å². The number of rotatable bonds is 6. The minimum atomic E-state index is -0.519. The summed E-state index contributed by atoms with van der Waals surface area (Å²) in [6.07, 6.45) is 0.579. The molecule has 0 aliphatic heterocycles. The number of carbonyl (C=O) groups is 1. The lowest BCUT2D eigenvalue weighted by molar-refractivity contribution is 0.0948. The standard InChI is InChI=1S/C17H20N8O3/c1-4-12(10-5-7-11(26)8-6-10)19-21-17(27)13-14(9(2)3)25(24-20-13)16-15(18)22-28-23-16/h5-9,26H,4H2,1-3H3,(H2,18,22)(H,21,27)/b19-12-. The third-order valence-electron chi connectivity index (χ3n) is 3.99. The van der Waals surface area contributed by atoms with Crippen LogP contribution in [0.2, 0.25) is 0 Å². The molecule has 3 rings (SSSR count). The number of hydrogen-bond donors (Lipinski definition) is 3. The summed E-state index contributed by atoms with van der Waals surface area (Å²) in [6, 6.07) is 6.56. The Morgan fingerprint density at radius 3 is 2.61 bits per heavy atom. The first kappa shape index (κ1) is 19.0. The molecule has 0 fully saturated rings. The molecule has 2 heterocycles. The number of phenolic OH excluding ortho intramolecular Hbond substituents is 1. The van der Waals surface area contributed by atoms with Crippen molar-refractivity contribution in [3.05, 3.63) is 41.2 Å². The van der Waals surface area contributed by atoms with E-state index in [1.54, 1.807) is 24.3 Å². The number of nitrogens with one attached hydrogen (secondary N) is 1. The molecule has 0 saturated heterocycles. The fourth-order valence-electron chi connectivity index (χ4n) is 2.64. The van der Waals surface area contributed by atoms with Gasteiger partial charge in [0.05, 0.1) is 11.4 Å². The van der Waals surface area contributed by atoms with Gasteiger partial charge >= 0.3 is 0 Å². The maximum absolute atomic E-state index is 12.7. The van der Waals surface area contributed by atoms with E-state index in [1.165, 1.54) is 4.68 Å². The molecule has 0 spiro atoms. The van der Waals surface area contributed by atoms with Crippen LogP contribution >= 0.6 is 0 Å². The Morgan fingerprint density at radius 1 is 1.32 bits per heavy atom. The lowest BCUT2D eigenvalue weighted by Crippen LogP contribution is -2.22. The Kier molecular flexibility index (Phi) is 5.34. The SMILES string of the molecule is CC/C(=N/NC(=O)c1nnn(-c2nonc2N)c1C(C)C)c1ccc(O)cc1. The first-order chi connectivity index (χ1) is 13.4. The number of phenols is 1. The Morgan fingerprint density at radius 2 is 2.04 bits per heavy atom. The predicted molar refractivity (Wildman–Crippen MR) is 100 cm³/mol. The number of nitrogen functional groups attached to an aromatic ring is 1. The summed E-state index contributed by atoms with van der Waals surface area (Å²) in [7, 11) is 0. The Bertz CT molecular complexity index is 1000. The van der Waals surface area contributed by atoms with Gasteiger partial charge in [0, 0.05) is 0 Å². The van der Waals surface area contributed by atoms with Crippen LogP contribution in [0.1, 0.15) is 54.9 Å². The molecule has 0 bridgehead atoms. The van der Waals surface area contributed by atoms with Gasteiger partial charge in [-0.3, -0.25) is 4.79 Å². The molecule has 28 heavy (non-hydrogen) atoms. The van der Waals surface area contributed by atoms with Crippen LogP contribution < -0.4 is 11.2 Å². The number of aromatic hydroxyl groups is 1. The average Bonchev–Trinajstić information content (AvgIpc) is 3.29. The van der Waals surface area contributed by atoms with Crippen molar-refractivity contribution in [1.29, 1.82) is 0 Å². The predicted octanol–water partition coefficient (Wildman–Crippen LogP) is 1.61. The monoisotopic (exact) mass is 384 g/mol. The zero-order valence-electron chi connectivity index (χ0n) is 15.6. The summed E-state index contributed by atoms with van der Waals surface area (Å²) >= 11 is 0. The van der Waals surface area contributed by atoms with Crippen molar-refractivity contribution in [3.8, 4) is 11.6 Å². The molecule has 3 aromatic rings. The fraction of sp³-hybridized carbons (Fsp3) is 0.294. The Balaban J connectivity index is 1.89. The van der Waals surface area contributed by atoms with E-state index in [1.807, 2.05) is 20.8 Å². The highest BCUT2D eigenvalue weighted by Gasteiger charge is 2.25. The first-order valence-corrected chi connectivity index (χ1v) is 8.62. The molecule has 0 saturated carbocycles. The van der Waals surface area contributed by atoms with E-state index in [0.29, 0.717) is 17.8 Å². The lowest BCUT2D eigenvalue weighted by atomic mass is 10.1. The van der Waals surface area contributed by atoms with Crippen molar-refractivity contribution < 1.29 is 14.5 Å². The molecule has 4 N–H and O–H groups in total. The van der Waals surface area contributed by atoms with E-state index in [9.17, 15) is 9.90 Å². The molecule has 11 nitrogen and oxygen atoms in total. The van der Waals surface area contributed by atoms with Gasteiger partial charge in [-0.05, 0) is 52.5 Å². The van der Waals surface area contributed by atoms with Gasteiger partial charge in [-0.2, -0.15) is 9.78 Å². The summed E-state index contributed by atoms with van der Waals surface area (Å²) in [4.78, 5) is 12.7. The van der Waals surface area contributed by atoms with Crippen LogP contribution in [0.15, 0.2) is 34.0 Å². The minimum Gasteiger partial charge on any atom is -0.508 e. The molecule has 0 aliphatic rings. The molecule has 1 amide bonds. The van der Waals surface area contributed by atoms with Crippen molar-refractivity contribution in [2.45, 2.75) is 33.1 Å². The molecule has 0 aliphatic carbocycles. The highest BCUT2D eigenvalue weighted by Crippen LogP contribution is 2.22. The molecule has 0 radical (unpaired) electrons. The van der Waals surface area contributed by atoms with Crippen molar-refractivity contribution >= 4 is 17.4 Å². The molecule has 1 aromatic carbocycles. The van der Waals surface area contributed by atoms with Gasteiger partial charge in [0.15, 0.2) is 5.69 Å². The summed E-state index contributed by atoms with van der Waals surface area (Å²) < 4.78 is 5.93. The Labute approximate surface area is 160 Å². The van der Waals surface area contributed by atoms with Gasteiger partial charge < -0.3 is 10.8 Å². The summed E-state index contributed by atoms with van der Waals surface area (Å²) in [6.45, 7) is 5.67. The summed E-state index contributed by atoms with van der Waals surface area (Å²) in [5.41, 5.74) is 10.3. The normalized spacial score (nSPS) is 11.8. The zero-order chi connectivity index (χ0) is 20.3. The molecule has 2 aromatic heterocycles. The maximum atomic E-state index is 12.7. The first-order valence-electron chi connectivity index (χ1n) is 8.62. The number of nitrogens with zero attached hydrogens (tertiary/aromatic N) is 6. The fourth-order valence-corrected chi connectivity index (χ4v) is 2.64. The van der Waals surface area contributed by atoms with Gasteiger partial charge in [-0.1, -0.05) is 26.0 Å². The van der Waals surface area contributed by atoms with Crippen LogP contribution in [-0.4, -0.2) is 42.0 Å². The number of hydrazone groups is 1. The van der Waals surface area contributed by atoms with Crippen molar-refractivity contribution in [2.24, 2.45) is 5.10 Å². The van der Waals surface area contributed by atoms with Crippen LogP contribution in [0.5, 0.6) is 5.75 Å². The van der Waals surface area contributed by atoms with Crippen molar-refractivity contribution in [1.82, 2.24) is 30.7 Å². The van der Waals surface area contributed by atoms with E-state index >= 15 is 0 Å². The maximum Gasteiger partial charge on any atom is 0.293 e. The number of amides is 1. The number of anilines is 1. The van der Waals surface area contributed by atoms with E-state index in [0.717, 1.165) is 5.56 Å². The van der Waals surface area contributed by atoms with E-state index in [4.69, 9.17) is 5.73 Å². The van der Waals surface area contributed by atoms with Gasteiger partial charge in [-0.25, -0.2) is 10.1 Å². The number of aromatic nitrogens is 5. The molecule has 146 valence electrons. The van der Waals surface area contributed by atoms with Gasteiger partial charge in [-0.15, -0.1) is 5.10 Å². The highest BCUT2D eigenvalue weighted by molar-refractivity contribution is 6.02. The van der Waals surface area contributed by atoms with E-state index in [2.05, 4.69) is 35.8 Å². The third-order valence-corrected chi connectivity index (χ3v) is 3.99. The number of hydrogen-bond acceptors (Lipinski definition) is 9. The summed E-state index contributed by atoms with van der Waals surface area (Å²) in [5.74, 6) is -0.272. The van der Waals surface area contributed by atoms with Crippen LogP contribution in [0.4, 0.5) is 5.82 Å². The highest BCUT2D eigenvalue weighted by atomic mass is 16.6. The number of benzene rings is 1. The summed E-state index contributed by atoms with van der Waals surface area (Å²) in [5, 5.41) is 28.8. The molecular formula is C17H20N8O3. The van der Waals surface area contributed by atoms with Gasteiger partial charge in [0.1, 0.15) is 5.75 Å². The minimum absolute atomic E-state index is 0.0392. The number of carbonyl (C=O) groups excluding carboxylic acids is 1. The number of nitrogens with two attached hydrogens (primary N) is 1. The largest absolute Gasteiger partial charge is 0.508 e. The average molecular weight is 384 g/mol. The zero-order valence-corrected chi connectivity index (χ0v) is 15.6. The smallest absolute Gasteiger partial charge is 0.293 e. The third kappa shape index (κ3) is 3.68. The van der Waals surface area contributed by atoms with Gasteiger partial charge in [0.2, 0.25) is 11.6 Å². The van der Waals surface area contributed by atoms with Crippen LogP contribution in [0.25, 0.3) is 5.82 Å². The molecule has 11 heteroatoms. The topological polar surface area (TPSA) is 157 Å².